The van der Waals surface area contributed by atoms with Gasteiger partial charge in [-0.2, -0.15) is 0 Å². The lowest BCUT2D eigenvalue weighted by Crippen LogP contribution is -2.38. The van der Waals surface area contributed by atoms with E-state index in [1.807, 2.05) is 4.90 Å². The van der Waals surface area contributed by atoms with Crippen LogP contribution in [0.1, 0.15) is 17.7 Å². The number of rotatable bonds is 7. The molecule has 4 rings (SSSR count). The van der Waals surface area contributed by atoms with Crippen molar-refractivity contribution in [3.8, 4) is 17.0 Å². The summed E-state index contributed by atoms with van der Waals surface area (Å²) in [6.07, 6.45) is 0.347. The van der Waals surface area contributed by atoms with Gasteiger partial charge in [0.2, 0.25) is 11.9 Å². The van der Waals surface area contributed by atoms with E-state index in [4.69, 9.17) is 9.47 Å². The van der Waals surface area contributed by atoms with Gasteiger partial charge in [0.1, 0.15) is 11.6 Å². The minimum atomic E-state index is -0.404. The lowest BCUT2D eigenvalue weighted by atomic mass is 10.1. The molecule has 174 valence electrons. The zero-order valence-electron chi connectivity index (χ0n) is 18.3. The third kappa shape index (κ3) is 5.37. The number of carbonyl (C=O) groups excluding carboxylic acids is 1. The van der Waals surface area contributed by atoms with E-state index in [1.54, 1.807) is 12.3 Å². The van der Waals surface area contributed by atoms with E-state index in [9.17, 15) is 14.0 Å². The van der Waals surface area contributed by atoms with E-state index < -0.39 is 5.82 Å². The molecule has 1 aromatic carbocycles. The van der Waals surface area contributed by atoms with Gasteiger partial charge >= 0.3 is 0 Å². The summed E-state index contributed by atoms with van der Waals surface area (Å²) in [6, 6.07) is 4.17. The highest BCUT2D eigenvalue weighted by Gasteiger charge is 2.17. The van der Waals surface area contributed by atoms with Gasteiger partial charge in [0.25, 0.3) is 5.56 Å². The Morgan fingerprint density at radius 2 is 2.12 bits per heavy atom. The molecule has 0 saturated carbocycles. The van der Waals surface area contributed by atoms with Crippen LogP contribution in [0.15, 0.2) is 28.4 Å². The minimum absolute atomic E-state index is 0.0979. The molecule has 2 aromatic heterocycles. The van der Waals surface area contributed by atoms with Crippen molar-refractivity contribution in [3.05, 3.63) is 51.0 Å². The molecule has 0 unspecified atom stereocenters. The largest absolute Gasteiger partial charge is 0.496 e. The summed E-state index contributed by atoms with van der Waals surface area (Å²) in [5.41, 5.74) is 1.84. The van der Waals surface area contributed by atoms with E-state index in [0.29, 0.717) is 65.6 Å². The van der Waals surface area contributed by atoms with Gasteiger partial charge in [0, 0.05) is 41.7 Å². The number of aromatic amines is 1. The first-order chi connectivity index (χ1) is 15.9. The smallest absolute Gasteiger partial charge is 0.255 e. The Balaban J connectivity index is 1.39. The number of halogens is 1. The summed E-state index contributed by atoms with van der Waals surface area (Å²) in [7, 11) is 1.50. The molecular formula is C22H24FN5O4S. The Kier molecular flexibility index (Phi) is 6.99. The molecule has 9 nitrogen and oxygen atoms in total. The first kappa shape index (κ1) is 22.9. The maximum Gasteiger partial charge on any atom is 0.255 e. The van der Waals surface area contributed by atoms with Crippen molar-refractivity contribution in [2.24, 2.45) is 0 Å². The van der Waals surface area contributed by atoms with Crippen molar-refractivity contribution in [2.75, 3.05) is 43.6 Å². The molecule has 2 N–H and O–H groups in total. The molecule has 3 heterocycles. The molecule has 0 radical (unpaired) electrons. The fourth-order valence-electron chi connectivity index (χ4n) is 3.57. The number of ether oxygens (including phenoxy) is 2. The molecule has 0 aliphatic carbocycles. The van der Waals surface area contributed by atoms with Crippen LogP contribution in [0.5, 0.6) is 5.75 Å². The van der Waals surface area contributed by atoms with Crippen molar-refractivity contribution < 1.29 is 18.7 Å². The lowest BCUT2D eigenvalue weighted by molar-refractivity contribution is -0.116. The third-order valence-electron chi connectivity index (χ3n) is 5.31. The number of carbonyl (C=O) groups is 1. The molecule has 1 fully saturated rings. The lowest BCUT2D eigenvalue weighted by Gasteiger charge is -2.27. The second-order valence-electron chi connectivity index (χ2n) is 7.48. The quantitative estimate of drug-likeness (QED) is 0.543. The van der Waals surface area contributed by atoms with Crippen LogP contribution >= 0.6 is 11.3 Å². The number of amides is 1. The number of aryl methyl sites for hydroxylation is 1. The first-order valence-electron chi connectivity index (χ1n) is 10.5. The minimum Gasteiger partial charge on any atom is -0.496 e. The van der Waals surface area contributed by atoms with Gasteiger partial charge in [-0.25, -0.2) is 14.4 Å². The van der Waals surface area contributed by atoms with Crippen LogP contribution in [-0.2, 0) is 16.0 Å². The molecule has 1 aliphatic heterocycles. The normalized spacial score (nSPS) is 13.7. The molecule has 33 heavy (non-hydrogen) atoms. The standard InChI is InChI=1S/C22H24FN5O4S/c1-13-15(20(30)27-21(24-13)28-7-9-32-10-8-28)4-6-19(29)26-22-25-17(12-33-22)16-11-14(23)3-5-18(16)31-2/h3,5,11-12H,4,6-10H2,1-2H3,(H,24,27,30)(H,25,26,29). The van der Waals surface area contributed by atoms with E-state index in [0.717, 1.165) is 0 Å². The zero-order valence-corrected chi connectivity index (χ0v) is 19.1. The molecule has 1 saturated heterocycles. The van der Waals surface area contributed by atoms with Crippen molar-refractivity contribution in [1.82, 2.24) is 15.0 Å². The Morgan fingerprint density at radius 3 is 2.85 bits per heavy atom. The van der Waals surface area contributed by atoms with E-state index in [1.165, 1.54) is 36.6 Å². The SMILES string of the molecule is COc1ccc(F)cc1-c1csc(NC(=O)CCc2c(C)nc(N3CCOCC3)[nH]c2=O)n1. The Bertz CT molecular complexity index is 1210. The highest BCUT2D eigenvalue weighted by Crippen LogP contribution is 2.32. The second kappa shape index (κ2) is 10.1. The van der Waals surface area contributed by atoms with Gasteiger partial charge in [-0.15, -0.1) is 11.3 Å². The number of nitrogens with zero attached hydrogens (tertiary/aromatic N) is 3. The molecule has 1 aliphatic rings. The number of H-pyrrole nitrogens is 1. The number of aromatic nitrogens is 3. The fraction of sp³-hybridized carbons (Fsp3) is 0.364. The number of anilines is 2. The highest BCUT2D eigenvalue weighted by molar-refractivity contribution is 7.14. The number of hydrogen-bond donors (Lipinski definition) is 2. The number of hydrogen-bond acceptors (Lipinski definition) is 8. The van der Waals surface area contributed by atoms with E-state index in [2.05, 4.69) is 20.3 Å². The van der Waals surface area contributed by atoms with E-state index in [-0.39, 0.29) is 24.3 Å². The van der Waals surface area contributed by atoms with Crippen molar-refractivity contribution >= 4 is 28.3 Å². The van der Waals surface area contributed by atoms with Crippen LogP contribution in [0.2, 0.25) is 0 Å². The number of morpholine rings is 1. The van der Waals surface area contributed by atoms with Crippen molar-refractivity contribution in [1.29, 1.82) is 0 Å². The van der Waals surface area contributed by atoms with Crippen molar-refractivity contribution in [3.63, 3.8) is 0 Å². The van der Waals surface area contributed by atoms with Crippen LogP contribution < -0.4 is 20.5 Å². The predicted molar refractivity (Wildman–Crippen MR) is 124 cm³/mol. The molecule has 0 atom stereocenters. The number of nitrogens with one attached hydrogen (secondary N) is 2. The maximum absolute atomic E-state index is 13.7. The number of thiazole rings is 1. The predicted octanol–water partition coefficient (Wildman–Crippen LogP) is 2.76. The summed E-state index contributed by atoms with van der Waals surface area (Å²) in [6.45, 7) is 4.29. The van der Waals surface area contributed by atoms with Crippen LogP contribution in [0.25, 0.3) is 11.3 Å². The monoisotopic (exact) mass is 473 g/mol. The molecule has 0 spiro atoms. The van der Waals surface area contributed by atoms with Crippen LogP contribution in [0.3, 0.4) is 0 Å². The van der Waals surface area contributed by atoms with E-state index >= 15 is 0 Å². The summed E-state index contributed by atoms with van der Waals surface area (Å²) in [5, 5.41) is 4.84. The Hall–Kier alpha value is -3.31. The van der Waals surface area contributed by atoms with Gasteiger partial charge in [-0.3, -0.25) is 14.6 Å². The number of benzene rings is 1. The Labute approximate surface area is 193 Å². The second-order valence-corrected chi connectivity index (χ2v) is 8.34. The van der Waals surface area contributed by atoms with Gasteiger partial charge in [0.05, 0.1) is 26.0 Å². The maximum atomic E-state index is 13.7. The van der Waals surface area contributed by atoms with Gasteiger partial charge < -0.3 is 19.7 Å². The Morgan fingerprint density at radius 1 is 1.33 bits per heavy atom. The topological polar surface area (TPSA) is 109 Å². The van der Waals surface area contributed by atoms with Gasteiger partial charge in [0.15, 0.2) is 5.13 Å². The molecule has 3 aromatic rings. The summed E-state index contributed by atoms with van der Waals surface area (Å²) >= 11 is 1.23. The zero-order chi connectivity index (χ0) is 23.4. The fourth-order valence-corrected chi connectivity index (χ4v) is 4.30. The van der Waals surface area contributed by atoms with Gasteiger partial charge in [-0.1, -0.05) is 0 Å². The van der Waals surface area contributed by atoms with Gasteiger partial charge in [-0.05, 0) is 31.5 Å². The molecule has 1 amide bonds. The highest BCUT2D eigenvalue weighted by atomic mass is 32.1. The van der Waals surface area contributed by atoms with Crippen LogP contribution in [0.4, 0.5) is 15.5 Å². The summed E-state index contributed by atoms with van der Waals surface area (Å²) in [4.78, 5) is 38.7. The average molecular weight is 474 g/mol. The number of methoxy groups -OCH3 is 1. The summed E-state index contributed by atoms with van der Waals surface area (Å²) < 4.78 is 24.2. The average Bonchev–Trinajstić information content (AvgIpc) is 3.27. The molecular weight excluding hydrogens is 449 g/mol. The third-order valence-corrected chi connectivity index (χ3v) is 6.07. The summed E-state index contributed by atoms with van der Waals surface area (Å²) in [5.74, 6) is 0.329. The molecule has 0 bridgehead atoms. The van der Waals surface area contributed by atoms with Crippen LogP contribution in [-0.4, -0.2) is 54.3 Å². The van der Waals surface area contributed by atoms with Crippen LogP contribution in [0, 0.1) is 12.7 Å². The molecule has 11 heteroatoms. The van der Waals surface area contributed by atoms with Crippen molar-refractivity contribution in [2.45, 2.75) is 19.8 Å². The first-order valence-corrected chi connectivity index (χ1v) is 11.3.